The molecule has 2 heteroatoms. The molecule has 0 saturated heterocycles. The summed E-state index contributed by atoms with van der Waals surface area (Å²) in [5.74, 6) is 1.72. The van der Waals surface area contributed by atoms with E-state index in [1.165, 1.54) is 6.29 Å². The Labute approximate surface area is 46.4 Å². The Hall–Kier alpha value is -0.0817. The molecule has 0 N–H and O–H groups in total. The summed E-state index contributed by atoms with van der Waals surface area (Å²) in [6.07, 6.45) is 2.81. The van der Waals surface area contributed by atoms with E-state index < -0.39 is 0 Å². The molecule has 0 amide bonds. The average Bonchev–Trinajstić information content (AvgIpc) is 1.41. The Bertz CT molecular complexity index is 80.5. The van der Waals surface area contributed by atoms with Crippen LogP contribution in [0.15, 0.2) is 0 Å². The molecule has 0 heterocycles. The predicted molar refractivity (Wildman–Crippen MR) is 14.5 cm³/mol. The molecular weight excluding hydrogens is 236 g/mol. The number of hydrogen-bond acceptors (Lipinski definition) is 1. The van der Waals surface area contributed by atoms with Gasteiger partial charge in [-0.15, -0.1) is 0 Å². The van der Waals surface area contributed by atoms with Gasteiger partial charge in [-0.25, -0.2) is 0 Å². The summed E-state index contributed by atoms with van der Waals surface area (Å²) in [7, 11) is 0. The van der Waals surface area contributed by atoms with Crippen LogP contribution >= 0.6 is 0 Å². The second-order valence-electron chi connectivity index (χ2n) is 0.227. The average molecular weight is 239 g/mol. The maximum absolute atomic E-state index is 8.99. The van der Waals surface area contributed by atoms with Crippen molar-refractivity contribution in [2.75, 3.05) is 0 Å². The van der Waals surface area contributed by atoms with E-state index in [0.717, 1.165) is 0 Å². The van der Waals surface area contributed by atoms with Crippen molar-refractivity contribution in [3.8, 4) is 12.3 Å². The molecule has 0 fully saturated rings. The van der Waals surface area contributed by atoms with Gasteiger partial charge in [0.2, 0.25) is 0 Å². The first-order chi connectivity index (χ1) is 2.41. The number of carbonyl (C=O) groups excluding carboxylic acids is 1. The monoisotopic (exact) mass is 239 g/mol. The molecule has 0 aromatic carbocycles. The third-order valence-corrected chi connectivity index (χ3v) is 0.0510. The van der Waals surface area contributed by atoms with Crippen LogP contribution in [-0.4, -0.2) is 6.29 Å². The van der Waals surface area contributed by atoms with Crippen LogP contribution in [0.4, 0.5) is 0 Å². The van der Waals surface area contributed by atoms with Gasteiger partial charge in [0.25, 0.3) is 0 Å². The molecule has 0 spiro atoms. The van der Waals surface area contributed by atoms with Gasteiger partial charge in [-0.3, -0.25) is 5.92 Å². The van der Waals surface area contributed by atoms with E-state index in [9.17, 15) is 0 Å². The first-order valence-corrected chi connectivity index (χ1v) is 0.704. The third kappa shape index (κ3) is 17.1. The molecule has 0 aliphatic rings. The molecule has 0 radical (unpaired) electrons. The summed E-state index contributed by atoms with van der Waals surface area (Å²) in [4.78, 5) is 8.99. The topological polar surface area (TPSA) is 17.1 Å². The van der Waals surface area contributed by atoms with E-state index in [4.69, 9.17) is 6.17 Å². The Morgan fingerprint density at radius 1 is 2.20 bits per heavy atom. The Kier molecular flexibility index (Phi) is 8.92. The standard InChI is InChI=1S/C3HO.W/c1-2-3-4;/h1H;/q-1;/i1T;. The molecule has 0 aliphatic heterocycles. The van der Waals surface area contributed by atoms with Crippen molar-refractivity contribution in [3.05, 3.63) is 0 Å². The third-order valence-electron chi connectivity index (χ3n) is 0.0510. The molecule has 1 nitrogen and oxygen atoms in total. The van der Waals surface area contributed by atoms with Crippen molar-refractivity contribution in [2.24, 2.45) is 0 Å². The van der Waals surface area contributed by atoms with Gasteiger partial charge < -0.3 is 11.2 Å². The van der Waals surface area contributed by atoms with E-state index in [1.54, 1.807) is 12.3 Å². The van der Waals surface area contributed by atoms with Crippen LogP contribution < -0.4 is 0 Å². The quantitative estimate of drug-likeness (QED) is 0.420. The maximum atomic E-state index is 8.99. The number of hydrogen-bond donors (Lipinski definition) is 0. The second kappa shape index (κ2) is 9.07. The van der Waals surface area contributed by atoms with Crippen LogP contribution in [-0.2, 0) is 25.9 Å². The molecule has 5 heavy (non-hydrogen) atoms. The molecule has 0 aliphatic carbocycles. The van der Waals surface area contributed by atoms with Gasteiger partial charge in [-0.1, -0.05) is 0 Å². The van der Waals surface area contributed by atoms with Crippen molar-refractivity contribution in [3.63, 3.8) is 0 Å². The zero-order valence-electron chi connectivity index (χ0n) is 3.32. The molecule has 0 unspecified atom stereocenters. The van der Waals surface area contributed by atoms with Crippen LogP contribution in [0.5, 0.6) is 0 Å². The van der Waals surface area contributed by atoms with E-state index in [-0.39, 0.29) is 21.1 Å². The molecule has 0 aromatic heterocycles. The summed E-state index contributed by atoms with van der Waals surface area (Å²) in [5, 5.41) is 0. The van der Waals surface area contributed by atoms with Crippen molar-refractivity contribution < 1.29 is 27.2 Å². The van der Waals surface area contributed by atoms with Crippen LogP contribution in [0.2, 0.25) is 0 Å². The first-order valence-electron chi connectivity index (χ1n) is 1.20. The normalized spacial score (nSPS) is 4.40. The molecule has 0 saturated carbocycles. The van der Waals surface area contributed by atoms with E-state index in [1.807, 2.05) is 0 Å². The van der Waals surface area contributed by atoms with E-state index in [2.05, 4.69) is 0 Å². The zero-order valence-corrected chi connectivity index (χ0v) is 5.25. The van der Waals surface area contributed by atoms with Gasteiger partial charge in [0.05, 0.1) is 0 Å². The Morgan fingerprint density at radius 3 is 2.80 bits per heavy atom. The van der Waals surface area contributed by atoms with Gasteiger partial charge in [0.15, 0.2) is 0 Å². The molecule has 0 atom stereocenters. The Balaban J connectivity index is 0. The van der Waals surface area contributed by atoms with Crippen LogP contribution in [0, 0.1) is 12.3 Å². The van der Waals surface area contributed by atoms with Gasteiger partial charge >= 0.3 is 0 Å². The first kappa shape index (κ1) is 4.92. The van der Waals surface area contributed by atoms with Gasteiger partial charge in [0, 0.05) is 27.4 Å². The minimum absolute atomic E-state index is 0. The van der Waals surface area contributed by atoms with Gasteiger partial charge in [-0.2, -0.15) is 0 Å². The second-order valence-corrected chi connectivity index (χ2v) is 0.227. The Morgan fingerprint density at radius 2 is 2.80 bits per heavy atom. The van der Waals surface area contributed by atoms with Crippen molar-refractivity contribution >= 4 is 6.29 Å². The van der Waals surface area contributed by atoms with Gasteiger partial charge in [0.1, 0.15) is 0 Å². The largest absolute Gasteiger partial charge is 0.409 e. The molecule has 0 rings (SSSR count). The van der Waals surface area contributed by atoms with Crippen LogP contribution in [0.3, 0.4) is 0 Å². The fourth-order valence-electron chi connectivity index (χ4n) is 0. The van der Waals surface area contributed by atoms with Crippen LogP contribution in [0.25, 0.3) is 0 Å². The summed E-state index contributed by atoms with van der Waals surface area (Å²) in [5.41, 5.74) is 0. The number of terminal acetylenes is 1. The van der Waals surface area contributed by atoms with Crippen molar-refractivity contribution in [2.45, 2.75) is 0 Å². The molecule has 0 aromatic rings. The fourth-order valence-corrected chi connectivity index (χ4v) is 0. The SMILES string of the molecule is [3H]C#C[C-]=O.[W]. The number of rotatable bonds is 0. The van der Waals surface area contributed by atoms with Crippen molar-refractivity contribution in [1.29, 1.82) is 0 Å². The predicted octanol–water partition coefficient (Wildman–Crippen LogP) is -0.273. The summed E-state index contributed by atoms with van der Waals surface area (Å²) in [6.45, 7) is 0. The molecule has 26 valence electrons. The minimum Gasteiger partial charge on any atom is -0.409 e. The smallest absolute Gasteiger partial charge is 0.0395 e. The van der Waals surface area contributed by atoms with Crippen LogP contribution in [0.1, 0.15) is 1.37 Å². The summed E-state index contributed by atoms with van der Waals surface area (Å²) in [6, 6.07) is 0. The molecular formula is C3HOW-. The van der Waals surface area contributed by atoms with E-state index >= 15 is 0 Å². The summed E-state index contributed by atoms with van der Waals surface area (Å²) >= 11 is 0. The minimum atomic E-state index is 0. The maximum Gasteiger partial charge on any atom is 0.0395 e. The zero-order chi connectivity index (χ0) is 4.12. The van der Waals surface area contributed by atoms with E-state index in [0.29, 0.717) is 0 Å². The fraction of sp³-hybridized carbons (Fsp3) is 0. The van der Waals surface area contributed by atoms with Gasteiger partial charge in [-0.05, 0) is 1.37 Å². The summed E-state index contributed by atoms with van der Waals surface area (Å²) < 4.78 is 5.98. The molecule has 0 bridgehead atoms. The van der Waals surface area contributed by atoms with Crippen molar-refractivity contribution in [1.82, 2.24) is 0 Å².